The molecule has 0 unspecified atom stereocenters. The third kappa shape index (κ3) is 3.44. The van der Waals surface area contributed by atoms with Crippen molar-refractivity contribution in [2.75, 3.05) is 18.0 Å². The fourth-order valence-corrected chi connectivity index (χ4v) is 2.11. The van der Waals surface area contributed by atoms with Gasteiger partial charge in [0.2, 0.25) is 0 Å². The standard InChI is InChI=1S/C17H21N3/c1-4-20(5-2)16-12-10-15(11-13-16)18-19-17-9-7-6-8-14(17)3/h6-13H,4-5H2,1-3H3. The lowest BCUT2D eigenvalue weighted by molar-refractivity contribution is 0.866. The first-order valence-corrected chi connectivity index (χ1v) is 7.07. The summed E-state index contributed by atoms with van der Waals surface area (Å²) < 4.78 is 0. The molecule has 0 fully saturated rings. The molecule has 0 aromatic heterocycles. The summed E-state index contributed by atoms with van der Waals surface area (Å²) >= 11 is 0. The summed E-state index contributed by atoms with van der Waals surface area (Å²) in [7, 11) is 0. The van der Waals surface area contributed by atoms with Gasteiger partial charge in [0.25, 0.3) is 0 Å². The normalized spacial score (nSPS) is 10.9. The van der Waals surface area contributed by atoms with Gasteiger partial charge in [0.05, 0.1) is 11.4 Å². The largest absolute Gasteiger partial charge is 0.372 e. The van der Waals surface area contributed by atoms with E-state index in [-0.39, 0.29) is 0 Å². The van der Waals surface area contributed by atoms with Crippen molar-refractivity contribution in [3.63, 3.8) is 0 Å². The molecule has 3 nitrogen and oxygen atoms in total. The Balaban J connectivity index is 2.13. The Kier molecular flexibility index (Phi) is 4.88. The SMILES string of the molecule is CCN(CC)c1ccc(N=Nc2ccccc2C)cc1. The van der Waals surface area contributed by atoms with Crippen LogP contribution in [0, 0.1) is 6.92 Å². The molecule has 2 rings (SSSR count). The lowest BCUT2D eigenvalue weighted by Crippen LogP contribution is -2.21. The van der Waals surface area contributed by atoms with E-state index in [0.717, 1.165) is 30.0 Å². The maximum atomic E-state index is 4.30. The molecule has 2 aromatic rings. The third-order valence-electron chi connectivity index (χ3n) is 3.37. The van der Waals surface area contributed by atoms with Crippen LogP contribution in [0.1, 0.15) is 19.4 Å². The molecule has 0 spiro atoms. The minimum atomic E-state index is 0.879. The molecule has 0 atom stereocenters. The van der Waals surface area contributed by atoms with E-state index in [2.05, 4.69) is 41.1 Å². The molecule has 104 valence electrons. The van der Waals surface area contributed by atoms with Crippen LogP contribution in [0.25, 0.3) is 0 Å². The van der Waals surface area contributed by atoms with Gasteiger partial charge in [-0.2, -0.15) is 10.2 Å². The van der Waals surface area contributed by atoms with Crippen molar-refractivity contribution in [1.82, 2.24) is 0 Å². The van der Waals surface area contributed by atoms with Gasteiger partial charge in [0, 0.05) is 18.8 Å². The van der Waals surface area contributed by atoms with Gasteiger partial charge in [-0.15, -0.1) is 0 Å². The van der Waals surface area contributed by atoms with Gasteiger partial charge >= 0.3 is 0 Å². The summed E-state index contributed by atoms with van der Waals surface area (Å²) in [4.78, 5) is 2.31. The summed E-state index contributed by atoms with van der Waals surface area (Å²) in [5, 5.41) is 8.60. The number of aryl methyl sites for hydroxylation is 1. The Labute approximate surface area is 121 Å². The molecule has 0 heterocycles. The summed E-state index contributed by atoms with van der Waals surface area (Å²) in [6.45, 7) is 8.39. The first kappa shape index (κ1) is 14.3. The molecule has 2 aromatic carbocycles. The lowest BCUT2D eigenvalue weighted by Gasteiger charge is -2.20. The molecule has 3 heteroatoms. The molecular formula is C17H21N3. The molecule has 0 aliphatic rings. The molecule has 0 radical (unpaired) electrons. The van der Waals surface area contributed by atoms with Crippen molar-refractivity contribution in [3.05, 3.63) is 54.1 Å². The van der Waals surface area contributed by atoms with Crippen molar-refractivity contribution in [3.8, 4) is 0 Å². The van der Waals surface area contributed by atoms with E-state index in [1.165, 1.54) is 5.69 Å². The van der Waals surface area contributed by atoms with Crippen LogP contribution in [-0.4, -0.2) is 13.1 Å². The van der Waals surface area contributed by atoms with Crippen molar-refractivity contribution in [2.24, 2.45) is 10.2 Å². The topological polar surface area (TPSA) is 28.0 Å². The van der Waals surface area contributed by atoms with Gasteiger partial charge in [-0.05, 0) is 56.7 Å². The minimum absolute atomic E-state index is 0.879. The van der Waals surface area contributed by atoms with Gasteiger partial charge in [0.15, 0.2) is 0 Å². The highest BCUT2D eigenvalue weighted by Crippen LogP contribution is 2.23. The first-order chi connectivity index (χ1) is 9.74. The van der Waals surface area contributed by atoms with Gasteiger partial charge < -0.3 is 4.90 Å². The van der Waals surface area contributed by atoms with Crippen LogP contribution < -0.4 is 4.90 Å². The lowest BCUT2D eigenvalue weighted by atomic mass is 10.2. The number of rotatable bonds is 5. The Hall–Kier alpha value is -2.16. The van der Waals surface area contributed by atoms with Crippen molar-refractivity contribution >= 4 is 17.1 Å². The Morgan fingerprint density at radius 2 is 1.50 bits per heavy atom. The molecule has 0 saturated carbocycles. The predicted molar refractivity (Wildman–Crippen MR) is 85.4 cm³/mol. The second kappa shape index (κ2) is 6.85. The molecule has 0 saturated heterocycles. The monoisotopic (exact) mass is 267 g/mol. The molecule has 0 bridgehead atoms. The van der Waals surface area contributed by atoms with Gasteiger partial charge in [-0.3, -0.25) is 0 Å². The number of benzene rings is 2. The number of hydrogen-bond donors (Lipinski definition) is 0. The average molecular weight is 267 g/mol. The maximum absolute atomic E-state index is 4.30. The zero-order valence-electron chi connectivity index (χ0n) is 12.4. The highest BCUT2D eigenvalue weighted by Gasteiger charge is 2.01. The first-order valence-electron chi connectivity index (χ1n) is 7.07. The van der Waals surface area contributed by atoms with Crippen molar-refractivity contribution < 1.29 is 0 Å². The van der Waals surface area contributed by atoms with E-state index in [4.69, 9.17) is 0 Å². The Morgan fingerprint density at radius 3 is 2.10 bits per heavy atom. The van der Waals surface area contributed by atoms with Crippen LogP contribution in [0.5, 0.6) is 0 Å². The maximum Gasteiger partial charge on any atom is 0.0886 e. The second-order valence-electron chi connectivity index (χ2n) is 4.68. The van der Waals surface area contributed by atoms with Gasteiger partial charge in [-0.1, -0.05) is 18.2 Å². The number of nitrogens with zero attached hydrogens (tertiary/aromatic N) is 3. The van der Waals surface area contributed by atoms with Crippen LogP contribution >= 0.6 is 0 Å². The molecule has 0 amide bonds. The van der Waals surface area contributed by atoms with E-state index >= 15 is 0 Å². The molecule has 20 heavy (non-hydrogen) atoms. The molecule has 0 aliphatic heterocycles. The van der Waals surface area contributed by atoms with Crippen molar-refractivity contribution in [1.29, 1.82) is 0 Å². The quantitative estimate of drug-likeness (QED) is 0.679. The van der Waals surface area contributed by atoms with E-state index in [1.807, 2.05) is 43.3 Å². The molecule has 0 aliphatic carbocycles. The zero-order valence-corrected chi connectivity index (χ0v) is 12.4. The number of anilines is 1. The fraction of sp³-hybridized carbons (Fsp3) is 0.294. The Morgan fingerprint density at radius 1 is 0.850 bits per heavy atom. The van der Waals surface area contributed by atoms with E-state index in [1.54, 1.807) is 0 Å². The second-order valence-corrected chi connectivity index (χ2v) is 4.68. The summed E-state index contributed by atoms with van der Waals surface area (Å²) in [6.07, 6.45) is 0. The zero-order chi connectivity index (χ0) is 14.4. The van der Waals surface area contributed by atoms with Gasteiger partial charge in [-0.25, -0.2) is 0 Å². The van der Waals surface area contributed by atoms with E-state index < -0.39 is 0 Å². The molecule has 0 N–H and O–H groups in total. The highest BCUT2D eigenvalue weighted by atomic mass is 15.1. The van der Waals surface area contributed by atoms with Crippen LogP contribution in [0.4, 0.5) is 17.1 Å². The summed E-state index contributed by atoms with van der Waals surface area (Å²) in [6, 6.07) is 16.2. The van der Waals surface area contributed by atoms with Crippen LogP contribution in [0.2, 0.25) is 0 Å². The highest BCUT2D eigenvalue weighted by molar-refractivity contribution is 5.53. The predicted octanol–water partition coefficient (Wildman–Crippen LogP) is 5.26. The number of azo groups is 1. The fourth-order valence-electron chi connectivity index (χ4n) is 2.11. The Bertz CT molecular complexity index is 569. The summed E-state index contributed by atoms with van der Waals surface area (Å²) in [5.41, 5.74) is 4.16. The molecular weight excluding hydrogens is 246 g/mol. The van der Waals surface area contributed by atoms with Crippen LogP contribution in [0.3, 0.4) is 0 Å². The third-order valence-corrected chi connectivity index (χ3v) is 3.37. The minimum Gasteiger partial charge on any atom is -0.372 e. The average Bonchev–Trinajstić information content (AvgIpc) is 2.49. The smallest absolute Gasteiger partial charge is 0.0886 e. The summed E-state index contributed by atoms with van der Waals surface area (Å²) in [5.74, 6) is 0. The van der Waals surface area contributed by atoms with Crippen LogP contribution in [0.15, 0.2) is 58.8 Å². The number of hydrogen-bond acceptors (Lipinski definition) is 3. The van der Waals surface area contributed by atoms with E-state index in [9.17, 15) is 0 Å². The van der Waals surface area contributed by atoms with Gasteiger partial charge in [0.1, 0.15) is 0 Å². The van der Waals surface area contributed by atoms with Crippen molar-refractivity contribution in [2.45, 2.75) is 20.8 Å². The van der Waals surface area contributed by atoms with Crippen LogP contribution in [-0.2, 0) is 0 Å². The van der Waals surface area contributed by atoms with E-state index in [0.29, 0.717) is 0 Å².